The maximum Gasteiger partial charge on any atom is 0.0406 e. The third-order valence-corrected chi connectivity index (χ3v) is 4.74. The van der Waals surface area contributed by atoms with E-state index in [4.69, 9.17) is 11.6 Å². The molecule has 1 aliphatic carbocycles. The SMILES string of the molecule is CC(N[C@@H](C)C1CCCCCC1)c1ccc(Cl)cc1. The van der Waals surface area contributed by atoms with Gasteiger partial charge in [-0.15, -0.1) is 0 Å². The zero-order valence-electron chi connectivity index (χ0n) is 12.2. The van der Waals surface area contributed by atoms with Crippen LogP contribution in [0.4, 0.5) is 0 Å². The molecule has 106 valence electrons. The van der Waals surface area contributed by atoms with Crippen molar-refractivity contribution >= 4 is 11.6 Å². The number of halogens is 1. The van der Waals surface area contributed by atoms with Crippen LogP contribution in [0.15, 0.2) is 24.3 Å². The Morgan fingerprint density at radius 3 is 2.16 bits per heavy atom. The van der Waals surface area contributed by atoms with Crippen molar-refractivity contribution in [2.24, 2.45) is 5.92 Å². The summed E-state index contributed by atoms with van der Waals surface area (Å²) in [5.41, 5.74) is 1.32. The van der Waals surface area contributed by atoms with E-state index < -0.39 is 0 Å². The predicted octanol–water partition coefficient (Wildman–Crippen LogP) is 5.35. The van der Waals surface area contributed by atoms with Crippen LogP contribution in [0.5, 0.6) is 0 Å². The molecule has 0 aromatic heterocycles. The topological polar surface area (TPSA) is 12.0 Å². The monoisotopic (exact) mass is 279 g/mol. The molecule has 2 rings (SSSR count). The molecule has 0 radical (unpaired) electrons. The molecule has 19 heavy (non-hydrogen) atoms. The van der Waals surface area contributed by atoms with Crippen molar-refractivity contribution in [2.45, 2.75) is 64.5 Å². The summed E-state index contributed by atoms with van der Waals surface area (Å²) in [6.45, 7) is 4.60. The molecule has 1 aromatic carbocycles. The Morgan fingerprint density at radius 1 is 1.00 bits per heavy atom. The predicted molar refractivity (Wildman–Crippen MR) is 83.7 cm³/mol. The summed E-state index contributed by atoms with van der Waals surface area (Å²) in [4.78, 5) is 0. The molecule has 1 N–H and O–H groups in total. The quantitative estimate of drug-likeness (QED) is 0.733. The normalized spacial score (nSPS) is 20.8. The van der Waals surface area contributed by atoms with Crippen molar-refractivity contribution < 1.29 is 0 Å². The Kier molecular flexibility index (Phi) is 5.72. The highest BCUT2D eigenvalue weighted by atomic mass is 35.5. The van der Waals surface area contributed by atoms with Crippen LogP contribution in [-0.4, -0.2) is 6.04 Å². The lowest BCUT2D eigenvalue weighted by molar-refractivity contribution is 0.316. The van der Waals surface area contributed by atoms with E-state index in [1.807, 2.05) is 12.1 Å². The molecule has 1 saturated carbocycles. The lowest BCUT2D eigenvalue weighted by Crippen LogP contribution is -2.35. The molecule has 2 heteroatoms. The van der Waals surface area contributed by atoms with Gasteiger partial charge in [-0.1, -0.05) is 49.4 Å². The zero-order valence-corrected chi connectivity index (χ0v) is 12.9. The largest absolute Gasteiger partial charge is 0.307 e. The van der Waals surface area contributed by atoms with Crippen LogP contribution in [-0.2, 0) is 0 Å². The fourth-order valence-electron chi connectivity index (χ4n) is 3.19. The summed E-state index contributed by atoms with van der Waals surface area (Å²) < 4.78 is 0. The minimum atomic E-state index is 0.399. The maximum absolute atomic E-state index is 5.94. The number of hydrogen-bond donors (Lipinski definition) is 1. The van der Waals surface area contributed by atoms with Crippen LogP contribution < -0.4 is 5.32 Å². The molecule has 1 aromatic rings. The molecule has 0 amide bonds. The van der Waals surface area contributed by atoms with Gasteiger partial charge < -0.3 is 5.32 Å². The van der Waals surface area contributed by atoms with Gasteiger partial charge in [0.25, 0.3) is 0 Å². The highest BCUT2D eigenvalue weighted by molar-refractivity contribution is 6.30. The summed E-state index contributed by atoms with van der Waals surface area (Å²) in [5, 5.41) is 4.58. The van der Waals surface area contributed by atoms with E-state index in [0.29, 0.717) is 12.1 Å². The van der Waals surface area contributed by atoms with Crippen molar-refractivity contribution in [3.05, 3.63) is 34.9 Å². The van der Waals surface area contributed by atoms with Gasteiger partial charge in [0, 0.05) is 17.1 Å². The fraction of sp³-hybridized carbons (Fsp3) is 0.647. The summed E-state index contributed by atoms with van der Waals surface area (Å²) in [5.74, 6) is 0.845. The van der Waals surface area contributed by atoms with Crippen molar-refractivity contribution in [3.8, 4) is 0 Å². The summed E-state index contributed by atoms with van der Waals surface area (Å²) in [6.07, 6.45) is 8.45. The average Bonchev–Trinajstić information content (AvgIpc) is 2.68. The van der Waals surface area contributed by atoms with Crippen molar-refractivity contribution in [1.29, 1.82) is 0 Å². The van der Waals surface area contributed by atoms with E-state index in [9.17, 15) is 0 Å². The minimum absolute atomic E-state index is 0.399. The highest BCUT2D eigenvalue weighted by Gasteiger charge is 2.20. The molecule has 0 bridgehead atoms. The second-order valence-electron chi connectivity index (χ2n) is 5.98. The summed E-state index contributed by atoms with van der Waals surface area (Å²) in [7, 11) is 0. The van der Waals surface area contributed by atoms with Gasteiger partial charge in [0.2, 0.25) is 0 Å². The van der Waals surface area contributed by atoms with Gasteiger partial charge >= 0.3 is 0 Å². The average molecular weight is 280 g/mol. The van der Waals surface area contributed by atoms with Gasteiger partial charge in [0.05, 0.1) is 0 Å². The molecular formula is C17H26ClN. The molecule has 1 nitrogen and oxygen atoms in total. The molecule has 1 aliphatic rings. The molecule has 2 atom stereocenters. The molecule has 0 heterocycles. The Morgan fingerprint density at radius 2 is 1.58 bits per heavy atom. The Labute approximate surface area is 122 Å². The highest BCUT2D eigenvalue weighted by Crippen LogP contribution is 2.27. The van der Waals surface area contributed by atoms with Crippen LogP contribution >= 0.6 is 11.6 Å². The first-order chi connectivity index (χ1) is 9.16. The molecule has 1 fully saturated rings. The van der Waals surface area contributed by atoms with Crippen molar-refractivity contribution in [3.63, 3.8) is 0 Å². The van der Waals surface area contributed by atoms with Crippen LogP contribution in [0.25, 0.3) is 0 Å². The second kappa shape index (κ2) is 7.31. The first kappa shape index (κ1) is 14.9. The Balaban J connectivity index is 1.89. The van der Waals surface area contributed by atoms with E-state index in [1.54, 1.807) is 0 Å². The fourth-order valence-corrected chi connectivity index (χ4v) is 3.32. The molecule has 1 unspecified atom stereocenters. The zero-order chi connectivity index (χ0) is 13.7. The van der Waals surface area contributed by atoms with Gasteiger partial charge in [-0.2, -0.15) is 0 Å². The lowest BCUT2D eigenvalue weighted by atomic mass is 9.92. The number of hydrogen-bond acceptors (Lipinski definition) is 1. The summed E-state index contributed by atoms with van der Waals surface area (Å²) >= 11 is 5.94. The third kappa shape index (κ3) is 4.50. The van der Waals surface area contributed by atoms with Gasteiger partial charge in [-0.05, 0) is 50.3 Å². The standard InChI is InChI=1S/C17H26ClN/c1-13(15-7-5-3-4-6-8-15)19-14(2)16-9-11-17(18)12-10-16/h9-15,19H,3-8H2,1-2H3/t13-,14?/m0/s1. The second-order valence-corrected chi connectivity index (χ2v) is 6.42. The van der Waals surface area contributed by atoms with E-state index in [-0.39, 0.29) is 0 Å². The molecule has 0 spiro atoms. The van der Waals surface area contributed by atoms with Gasteiger partial charge in [0.15, 0.2) is 0 Å². The molecule has 0 aliphatic heterocycles. The number of rotatable bonds is 4. The van der Waals surface area contributed by atoms with Crippen LogP contribution in [0.2, 0.25) is 5.02 Å². The smallest absolute Gasteiger partial charge is 0.0406 e. The van der Waals surface area contributed by atoms with Gasteiger partial charge in [-0.25, -0.2) is 0 Å². The van der Waals surface area contributed by atoms with Crippen LogP contribution in [0, 0.1) is 5.92 Å². The number of benzene rings is 1. The molecular weight excluding hydrogens is 254 g/mol. The minimum Gasteiger partial charge on any atom is -0.307 e. The van der Waals surface area contributed by atoms with E-state index in [1.165, 1.54) is 44.1 Å². The van der Waals surface area contributed by atoms with Crippen molar-refractivity contribution in [2.75, 3.05) is 0 Å². The maximum atomic E-state index is 5.94. The van der Waals surface area contributed by atoms with Crippen LogP contribution in [0.1, 0.15) is 64.0 Å². The van der Waals surface area contributed by atoms with Crippen LogP contribution in [0.3, 0.4) is 0 Å². The Bertz CT molecular complexity index is 365. The third-order valence-electron chi connectivity index (χ3n) is 4.49. The van der Waals surface area contributed by atoms with Gasteiger partial charge in [0.1, 0.15) is 0 Å². The van der Waals surface area contributed by atoms with Crippen molar-refractivity contribution in [1.82, 2.24) is 5.32 Å². The van der Waals surface area contributed by atoms with Gasteiger partial charge in [-0.3, -0.25) is 0 Å². The first-order valence-corrected chi connectivity index (χ1v) is 8.06. The Hall–Kier alpha value is -0.530. The first-order valence-electron chi connectivity index (χ1n) is 7.68. The lowest BCUT2D eigenvalue weighted by Gasteiger charge is -2.27. The van der Waals surface area contributed by atoms with E-state index in [0.717, 1.165) is 10.9 Å². The van der Waals surface area contributed by atoms with E-state index >= 15 is 0 Å². The number of nitrogens with one attached hydrogen (secondary N) is 1. The summed E-state index contributed by atoms with van der Waals surface area (Å²) in [6, 6.07) is 9.20. The van der Waals surface area contributed by atoms with E-state index in [2.05, 4.69) is 31.3 Å². The molecule has 0 saturated heterocycles.